The van der Waals surface area contributed by atoms with Crippen LogP contribution in [0.3, 0.4) is 0 Å². The molecule has 2 heterocycles. The number of ether oxygens (including phenoxy) is 1. The Morgan fingerprint density at radius 1 is 1.43 bits per heavy atom. The molecule has 0 amide bonds. The fourth-order valence-electron chi connectivity index (χ4n) is 2.49. The summed E-state index contributed by atoms with van der Waals surface area (Å²) in [6.45, 7) is 1.47. The number of rotatable bonds is 2. The number of hydrogen-bond acceptors (Lipinski definition) is 3. The van der Waals surface area contributed by atoms with Gasteiger partial charge in [-0.15, -0.1) is 11.8 Å². The lowest BCUT2D eigenvalue weighted by Crippen LogP contribution is -2.43. The van der Waals surface area contributed by atoms with Crippen LogP contribution >= 0.6 is 11.8 Å². The maximum Gasteiger partial charge on any atom is 0.320 e. The highest BCUT2D eigenvalue weighted by Crippen LogP contribution is 2.47. The van der Waals surface area contributed by atoms with Crippen LogP contribution in [0.15, 0.2) is 0 Å². The van der Waals surface area contributed by atoms with E-state index in [0.717, 1.165) is 44.6 Å². The minimum absolute atomic E-state index is 0.321. The summed E-state index contributed by atoms with van der Waals surface area (Å²) in [6, 6.07) is 0. The Hall–Kier alpha value is -0.220. The first-order valence-electron chi connectivity index (χ1n) is 5.21. The van der Waals surface area contributed by atoms with Crippen LogP contribution in [-0.2, 0) is 9.53 Å². The van der Waals surface area contributed by atoms with Crippen molar-refractivity contribution in [1.29, 1.82) is 0 Å². The van der Waals surface area contributed by atoms with E-state index in [4.69, 9.17) is 4.74 Å². The van der Waals surface area contributed by atoms with Gasteiger partial charge in [0.25, 0.3) is 0 Å². The van der Waals surface area contributed by atoms with Crippen LogP contribution in [0, 0.1) is 5.92 Å². The summed E-state index contributed by atoms with van der Waals surface area (Å²) in [5.74, 6) is 0.720. The van der Waals surface area contributed by atoms with Gasteiger partial charge in [0.15, 0.2) is 0 Å². The molecule has 1 atom stereocenters. The Labute approximate surface area is 88.2 Å². The van der Waals surface area contributed by atoms with Gasteiger partial charge >= 0.3 is 5.97 Å². The van der Waals surface area contributed by atoms with E-state index in [2.05, 4.69) is 0 Å². The van der Waals surface area contributed by atoms with Crippen molar-refractivity contribution < 1.29 is 14.6 Å². The molecule has 0 aliphatic carbocycles. The molecule has 0 bridgehead atoms. The minimum Gasteiger partial charge on any atom is -0.480 e. The molecule has 0 aromatic heterocycles. The largest absolute Gasteiger partial charge is 0.480 e. The molecule has 3 nitrogen and oxygen atoms in total. The number of carboxylic acid groups (broad SMARTS) is 1. The third-order valence-corrected chi connectivity index (χ3v) is 5.01. The summed E-state index contributed by atoms with van der Waals surface area (Å²) >= 11 is 1.65. The average molecular weight is 216 g/mol. The van der Waals surface area contributed by atoms with Gasteiger partial charge in [0.05, 0.1) is 0 Å². The van der Waals surface area contributed by atoms with Crippen LogP contribution in [0.4, 0.5) is 0 Å². The van der Waals surface area contributed by atoms with Gasteiger partial charge in [-0.3, -0.25) is 4.79 Å². The molecule has 2 rings (SSSR count). The maximum atomic E-state index is 11.4. The third-order valence-electron chi connectivity index (χ3n) is 3.29. The number of hydrogen-bond donors (Lipinski definition) is 1. The standard InChI is InChI=1S/C10H16O3S/c11-9(12)10(4-1-7-14-10)8-2-5-13-6-3-8/h8H,1-7H2,(H,11,12). The van der Waals surface area contributed by atoms with Crippen molar-refractivity contribution in [2.75, 3.05) is 19.0 Å². The first kappa shape index (κ1) is 10.3. The van der Waals surface area contributed by atoms with E-state index in [1.165, 1.54) is 0 Å². The molecule has 2 aliphatic rings. The molecule has 0 aromatic rings. The van der Waals surface area contributed by atoms with Crippen LogP contribution in [0.1, 0.15) is 25.7 Å². The summed E-state index contributed by atoms with van der Waals surface area (Å²) < 4.78 is 4.80. The second-order valence-corrected chi connectivity index (χ2v) is 5.46. The van der Waals surface area contributed by atoms with Crippen LogP contribution in [-0.4, -0.2) is 34.8 Å². The SMILES string of the molecule is O=C(O)C1(C2CCOCC2)CCCS1. The fraction of sp³-hybridized carbons (Fsp3) is 0.900. The van der Waals surface area contributed by atoms with E-state index >= 15 is 0 Å². The summed E-state index contributed by atoms with van der Waals surface area (Å²) in [7, 11) is 0. The first-order chi connectivity index (χ1) is 6.76. The summed E-state index contributed by atoms with van der Waals surface area (Å²) in [6.07, 6.45) is 3.73. The molecule has 0 spiro atoms. The lowest BCUT2D eigenvalue weighted by atomic mass is 9.82. The number of carboxylic acids is 1. The van der Waals surface area contributed by atoms with E-state index in [-0.39, 0.29) is 0 Å². The van der Waals surface area contributed by atoms with Gasteiger partial charge in [0.2, 0.25) is 0 Å². The molecule has 2 aliphatic heterocycles. The van der Waals surface area contributed by atoms with Crippen LogP contribution in [0.25, 0.3) is 0 Å². The third kappa shape index (κ3) is 1.65. The summed E-state index contributed by atoms with van der Waals surface area (Å²) in [4.78, 5) is 11.4. The summed E-state index contributed by atoms with van der Waals surface area (Å²) in [5.41, 5.74) is 0. The zero-order chi connectivity index (χ0) is 10.0. The fourth-order valence-corrected chi connectivity index (χ4v) is 4.03. The van der Waals surface area contributed by atoms with Gasteiger partial charge in [-0.2, -0.15) is 0 Å². The zero-order valence-corrected chi connectivity index (χ0v) is 9.02. The van der Waals surface area contributed by atoms with Gasteiger partial charge in [-0.05, 0) is 37.4 Å². The molecule has 1 N–H and O–H groups in total. The highest BCUT2D eigenvalue weighted by Gasteiger charge is 2.48. The van der Waals surface area contributed by atoms with E-state index in [1.807, 2.05) is 0 Å². The lowest BCUT2D eigenvalue weighted by molar-refractivity contribution is -0.142. The zero-order valence-electron chi connectivity index (χ0n) is 8.20. The van der Waals surface area contributed by atoms with Crippen molar-refractivity contribution in [3.63, 3.8) is 0 Å². The first-order valence-corrected chi connectivity index (χ1v) is 6.19. The van der Waals surface area contributed by atoms with Gasteiger partial charge in [-0.25, -0.2) is 0 Å². The molecule has 2 fully saturated rings. The van der Waals surface area contributed by atoms with Gasteiger partial charge in [0, 0.05) is 13.2 Å². The Bertz CT molecular complexity index is 217. The van der Waals surface area contributed by atoms with Crippen molar-refractivity contribution in [1.82, 2.24) is 0 Å². The molecule has 0 saturated carbocycles. The normalized spacial score (nSPS) is 34.6. The Morgan fingerprint density at radius 3 is 2.64 bits per heavy atom. The van der Waals surface area contributed by atoms with Crippen molar-refractivity contribution in [3.8, 4) is 0 Å². The predicted octanol–water partition coefficient (Wildman–Crippen LogP) is 1.76. The molecular formula is C10H16O3S. The molecule has 0 radical (unpaired) electrons. The number of carbonyl (C=O) groups is 1. The monoisotopic (exact) mass is 216 g/mol. The summed E-state index contributed by atoms with van der Waals surface area (Å²) in [5, 5.41) is 9.35. The van der Waals surface area contributed by atoms with Crippen LogP contribution in [0.5, 0.6) is 0 Å². The van der Waals surface area contributed by atoms with Crippen molar-refractivity contribution in [2.45, 2.75) is 30.4 Å². The molecule has 0 aromatic carbocycles. The second kappa shape index (κ2) is 4.11. The van der Waals surface area contributed by atoms with Gasteiger partial charge in [-0.1, -0.05) is 0 Å². The number of aliphatic carboxylic acids is 1. The molecule has 4 heteroatoms. The smallest absolute Gasteiger partial charge is 0.320 e. The lowest BCUT2D eigenvalue weighted by Gasteiger charge is -2.35. The minimum atomic E-state index is -0.605. The highest BCUT2D eigenvalue weighted by molar-refractivity contribution is 8.01. The quantitative estimate of drug-likeness (QED) is 0.764. The van der Waals surface area contributed by atoms with Gasteiger partial charge < -0.3 is 9.84 Å². The van der Waals surface area contributed by atoms with E-state index in [9.17, 15) is 9.90 Å². The van der Waals surface area contributed by atoms with Gasteiger partial charge in [0.1, 0.15) is 4.75 Å². The van der Waals surface area contributed by atoms with Crippen LogP contribution < -0.4 is 0 Å². The van der Waals surface area contributed by atoms with E-state index in [0.29, 0.717) is 5.92 Å². The number of thioether (sulfide) groups is 1. The molecule has 1 unspecified atom stereocenters. The Kier molecular flexibility index (Phi) is 3.02. The molecule has 14 heavy (non-hydrogen) atoms. The van der Waals surface area contributed by atoms with Crippen molar-refractivity contribution >= 4 is 17.7 Å². The topological polar surface area (TPSA) is 46.5 Å². The Morgan fingerprint density at radius 2 is 2.14 bits per heavy atom. The second-order valence-electron chi connectivity index (χ2n) is 4.03. The van der Waals surface area contributed by atoms with Crippen molar-refractivity contribution in [2.24, 2.45) is 5.92 Å². The highest BCUT2D eigenvalue weighted by atomic mass is 32.2. The van der Waals surface area contributed by atoms with E-state index < -0.39 is 10.7 Å². The molecule has 80 valence electrons. The van der Waals surface area contributed by atoms with Crippen LogP contribution in [0.2, 0.25) is 0 Å². The molecular weight excluding hydrogens is 200 g/mol. The van der Waals surface area contributed by atoms with E-state index in [1.54, 1.807) is 11.8 Å². The molecule has 2 saturated heterocycles. The maximum absolute atomic E-state index is 11.4. The Balaban J connectivity index is 2.12. The predicted molar refractivity (Wildman–Crippen MR) is 55.6 cm³/mol. The average Bonchev–Trinajstić information content (AvgIpc) is 2.69. The van der Waals surface area contributed by atoms with Crippen molar-refractivity contribution in [3.05, 3.63) is 0 Å².